The van der Waals surface area contributed by atoms with Gasteiger partial charge in [0.05, 0.1) is 4.34 Å². The Bertz CT molecular complexity index is 594. The molecule has 0 saturated carbocycles. The monoisotopic (exact) mass is 352 g/mol. The molecule has 1 aliphatic heterocycles. The van der Waals surface area contributed by atoms with Gasteiger partial charge in [-0.15, -0.1) is 11.3 Å². The molecule has 1 aliphatic rings. The second-order valence-electron chi connectivity index (χ2n) is 4.48. The van der Waals surface area contributed by atoms with Gasteiger partial charge in [0.2, 0.25) is 5.91 Å². The smallest absolute Gasteiger partial charge is 0.252 e. The molecule has 1 aromatic rings. The van der Waals surface area contributed by atoms with Crippen LogP contribution in [0, 0.1) is 0 Å². The van der Waals surface area contributed by atoms with E-state index in [1.54, 1.807) is 11.0 Å². The van der Waals surface area contributed by atoms with Crippen molar-refractivity contribution in [1.82, 2.24) is 9.21 Å². The van der Waals surface area contributed by atoms with E-state index in [9.17, 15) is 13.2 Å². The SMILES string of the molecule is CCOCC(=O)N1CCN(S(=O)(=O)c2ccc(Cl)s2)CC1. The molecular formula is C12H17ClN2O4S2. The summed E-state index contributed by atoms with van der Waals surface area (Å²) in [4.78, 5) is 13.4. The summed E-state index contributed by atoms with van der Waals surface area (Å²) in [6.07, 6.45) is 0. The minimum Gasteiger partial charge on any atom is -0.372 e. The Morgan fingerprint density at radius 2 is 2.00 bits per heavy atom. The lowest BCUT2D eigenvalue weighted by molar-refractivity contribution is -0.137. The number of carbonyl (C=O) groups excluding carboxylic acids is 1. The zero-order valence-corrected chi connectivity index (χ0v) is 14.0. The highest BCUT2D eigenvalue weighted by Gasteiger charge is 2.30. The Hall–Kier alpha value is -0.670. The topological polar surface area (TPSA) is 66.9 Å². The summed E-state index contributed by atoms with van der Waals surface area (Å²) in [6, 6.07) is 3.08. The fraction of sp³-hybridized carbons (Fsp3) is 0.583. The van der Waals surface area contributed by atoms with Gasteiger partial charge in [0.15, 0.2) is 0 Å². The molecule has 1 aromatic heterocycles. The average Bonchev–Trinajstić information content (AvgIpc) is 2.92. The maximum Gasteiger partial charge on any atom is 0.252 e. The van der Waals surface area contributed by atoms with Crippen molar-refractivity contribution in [3.63, 3.8) is 0 Å². The van der Waals surface area contributed by atoms with Gasteiger partial charge in [0.1, 0.15) is 10.8 Å². The lowest BCUT2D eigenvalue weighted by Gasteiger charge is -2.33. The van der Waals surface area contributed by atoms with Crippen molar-refractivity contribution < 1.29 is 17.9 Å². The van der Waals surface area contributed by atoms with Crippen LogP contribution in [0.3, 0.4) is 0 Å². The fourth-order valence-electron chi connectivity index (χ4n) is 2.02. The quantitative estimate of drug-likeness (QED) is 0.800. The number of carbonyl (C=O) groups is 1. The number of rotatable bonds is 5. The average molecular weight is 353 g/mol. The van der Waals surface area contributed by atoms with Crippen LogP contribution in [0.25, 0.3) is 0 Å². The molecule has 0 bridgehead atoms. The molecule has 0 radical (unpaired) electrons. The zero-order valence-electron chi connectivity index (χ0n) is 11.6. The van der Waals surface area contributed by atoms with Crippen molar-refractivity contribution in [3.05, 3.63) is 16.5 Å². The van der Waals surface area contributed by atoms with E-state index in [2.05, 4.69) is 0 Å². The normalized spacial score (nSPS) is 17.1. The van der Waals surface area contributed by atoms with Gasteiger partial charge in [-0.2, -0.15) is 4.31 Å². The number of hydrogen-bond acceptors (Lipinski definition) is 5. The molecule has 2 heterocycles. The molecule has 0 unspecified atom stereocenters. The largest absolute Gasteiger partial charge is 0.372 e. The van der Waals surface area contributed by atoms with Crippen molar-refractivity contribution >= 4 is 38.9 Å². The number of thiophene rings is 1. The highest BCUT2D eigenvalue weighted by molar-refractivity contribution is 7.91. The van der Waals surface area contributed by atoms with Crippen LogP contribution in [0.15, 0.2) is 16.3 Å². The van der Waals surface area contributed by atoms with Crippen LogP contribution in [-0.2, 0) is 19.6 Å². The Labute approximate surface area is 133 Å². The van der Waals surface area contributed by atoms with Crippen LogP contribution in [-0.4, -0.2) is 62.9 Å². The van der Waals surface area contributed by atoms with E-state index >= 15 is 0 Å². The van der Waals surface area contributed by atoms with Gasteiger partial charge in [0, 0.05) is 32.8 Å². The predicted molar refractivity (Wildman–Crippen MR) is 81.2 cm³/mol. The molecule has 118 valence electrons. The maximum atomic E-state index is 12.4. The molecule has 0 aliphatic carbocycles. The second kappa shape index (κ2) is 7.06. The number of piperazine rings is 1. The summed E-state index contributed by atoms with van der Waals surface area (Å²) in [5.74, 6) is -0.104. The lowest BCUT2D eigenvalue weighted by Crippen LogP contribution is -2.51. The molecule has 0 aromatic carbocycles. The van der Waals surface area contributed by atoms with E-state index in [-0.39, 0.29) is 29.8 Å². The van der Waals surface area contributed by atoms with E-state index in [0.29, 0.717) is 24.0 Å². The zero-order chi connectivity index (χ0) is 15.5. The standard InChI is InChI=1S/C12H17ClN2O4S2/c1-2-19-9-11(16)14-5-7-15(8-6-14)21(17,18)12-4-3-10(13)20-12/h3-4H,2,5-9H2,1H3. The second-order valence-corrected chi connectivity index (χ2v) is 8.36. The molecule has 0 N–H and O–H groups in total. The minimum atomic E-state index is -3.51. The Kier molecular flexibility index (Phi) is 5.61. The molecule has 0 atom stereocenters. The number of halogens is 1. The van der Waals surface area contributed by atoms with Gasteiger partial charge in [0.25, 0.3) is 10.0 Å². The number of nitrogens with zero attached hydrogens (tertiary/aromatic N) is 2. The third-order valence-corrected chi connectivity index (χ3v) is 6.76. The molecule has 1 fully saturated rings. The number of ether oxygens (including phenoxy) is 1. The summed E-state index contributed by atoms with van der Waals surface area (Å²) in [7, 11) is -3.51. The molecule has 2 rings (SSSR count). The Balaban J connectivity index is 1.96. The third kappa shape index (κ3) is 3.95. The van der Waals surface area contributed by atoms with Crippen LogP contribution < -0.4 is 0 Å². The van der Waals surface area contributed by atoms with Crippen molar-refractivity contribution in [2.45, 2.75) is 11.1 Å². The lowest BCUT2D eigenvalue weighted by atomic mass is 10.3. The van der Waals surface area contributed by atoms with Gasteiger partial charge in [-0.3, -0.25) is 4.79 Å². The van der Waals surface area contributed by atoms with Crippen molar-refractivity contribution in [2.24, 2.45) is 0 Å². The first-order chi connectivity index (χ1) is 9.95. The highest BCUT2D eigenvalue weighted by Crippen LogP contribution is 2.28. The minimum absolute atomic E-state index is 0.0454. The molecule has 6 nitrogen and oxygen atoms in total. The molecule has 0 spiro atoms. The van der Waals surface area contributed by atoms with E-state index in [1.165, 1.54) is 10.4 Å². The van der Waals surface area contributed by atoms with Crippen molar-refractivity contribution in [1.29, 1.82) is 0 Å². The van der Waals surface area contributed by atoms with Crippen LogP contribution in [0.1, 0.15) is 6.92 Å². The third-order valence-electron chi connectivity index (χ3n) is 3.16. The molecule has 1 amide bonds. The van der Waals surface area contributed by atoms with Crippen LogP contribution >= 0.6 is 22.9 Å². The van der Waals surface area contributed by atoms with Gasteiger partial charge in [-0.1, -0.05) is 11.6 Å². The number of hydrogen-bond donors (Lipinski definition) is 0. The summed E-state index contributed by atoms with van der Waals surface area (Å²) in [5, 5.41) is 0. The molecule has 1 saturated heterocycles. The summed E-state index contributed by atoms with van der Waals surface area (Å²) in [6.45, 7) is 3.69. The van der Waals surface area contributed by atoms with E-state index in [1.807, 2.05) is 6.92 Å². The van der Waals surface area contributed by atoms with Crippen LogP contribution in [0.4, 0.5) is 0 Å². The number of amides is 1. The first kappa shape index (κ1) is 16.7. The first-order valence-corrected chi connectivity index (χ1v) is 9.19. The van der Waals surface area contributed by atoms with Gasteiger partial charge in [-0.05, 0) is 19.1 Å². The van der Waals surface area contributed by atoms with E-state index in [0.717, 1.165) is 11.3 Å². The number of sulfonamides is 1. The molecule has 21 heavy (non-hydrogen) atoms. The summed E-state index contributed by atoms with van der Waals surface area (Å²) >= 11 is 6.83. The van der Waals surface area contributed by atoms with Crippen molar-refractivity contribution in [2.75, 3.05) is 39.4 Å². The fourth-order valence-corrected chi connectivity index (χ4v) is 5.08. The van der Waals surface area contributed by atoms with Gasteiger partial charge in [-0.25, -0.2) is 8.42 Å². The molecule has 9 heteroatoms. The summed E-state index contributed by atoms with van der Waals surface area (Å²) in [5.41, 5.74) is 0. The van der Waals surface area contributed by atoms with Crippen molar-refractivity contribution in [3.8, 4) is 0 Å². The van der Waals surface area contributed by atoms with E-state index < -0.39 is 10.0 Å². The predicted octanol–water partition coefficient (Wildman–Crippen LogP) is 1.27. The Morgan fingerprint density at radius 1 is 1.33 bits per heavy atom. The Morgan fingerprint density at radius 3 is 2.52 bits per heavy atom. The van der Waals surface area contributed by atoms with Gasteiger partial charge >= 0.3 is 0 Å². The van der Waals surface area contributed by atoms with Crippen LogP contribution in [0.2, 0.25) is 4.34 Å². The van der Waals surface area contributed by atoms with Gasteiger partial charge < -0.3 is 9.64 Å². The first-order valence-electron chi connectivity index (χ1n) is 6.56. The van der Waals surface area contributed by atoms with E-state index in [4.69, 9.17) is 16.3 Å². The van der Waals surface area contributed by atoms with Crippen LogP contribution in [0.5, 0.6) is 0 Å². The summed E-state index contributed by atoms with van der Waals surface area (Å²) < 4.78 is 31.9. The highest BCUT2D eigenvalue weighted by atomic mass is 35.5. The molecular weight excluding hydrogens is 336 g/mol. The maximum absolute atomic E-state index is 12.4.